The summed E-state index contributed by atoms with van der Waals surface area (Å²) in [6, 6.07) is 1.87. The van der Waals surface area contributed by atoms with Gasteiger partial charge in [-0.25, -0.2) is 9.97 Å². The maximum atomic E-state index is 4.16. The van der Waals surface area contributed by atoms with Crippen LogP contribution in [-0.2, 0) is 0 Å². The molecule has 0 spiro atoms. The Hall–Kier alpha value is -1.18. The molecule has 0 unspecified atom stereocenters. The lowest BCUT2D eigenvalue weighted by Gasteiger charge is -1.96. The molecule has 2 nitrogen and oxygen atoms in total. The van der Waals surface area contributed by atoms with Gasteiger partial charge in [0.1, 0.15) is 0 Å². The molecule has 2 heteroatoms. The summed E-state index contributed by atoms with van der Waals surface area (Å²) in [4.78, 5) is 8.19. The van der Waals surface area contributed by atoms with Crippen molar-refractivity contribution in [2.45, 2.75) is 13.8 Å². The van der Waals surface area contributed by atoms with E-state index in [4.69, 9.17) is 0 Å². The van der Waals surface area contributed by atoms with Crippen LogP contribution in [0.5, 0.6) is 0 Å². The number of hydrogen-bond donors (Lipinski definition) is 0. The van der Waals surface area contributed by atoms with Gasteiger partial charge < -0.3 is 0 Å². The van der Waals surface area contributed by atoms with Crippen LogP contribution >= 0.6 is 0 Å². The molecule has 0 aliphatic heterocycles. The average Bonchev–Trinajstić information content (AvgIpc) is 1.88. The first kappa shape index (κ1) is 6.93. The highest BCUT2D eigenvalue weighted by Gasteiger charge is 1.94. The molecule has 1 aromatic heterocycles. The van der Waals surface area contributed by atoms with Crippen LogP contribution in [0.1, 0.15) is 18.4 Å². The molecular weight excluding hydrogens is 124 g/mol. The summed E-state index contributed by atoms with van der Waals surface area (Å²) in [6.45, 7) is 7.58. The van der Waals surface area contributed by atoms with E-state index in [1.54, 1.807) is 6.20 Å². The highest BCUT2D eigenvalue weighted by Crippen LogP contribution is 2.03. The van der Waals surface area contributed by atoms with Gasteiger partial charge in [-0.1, -0.05) is 6.58 Å². The van der Waals surface area contributed by atoms with Gasteiger partial charge in [-0.3, -0.25) is 0 Å². The van der Waals surface area contributed by atoms with E-state index in [2.05, 4.69) is 16.5 Å². The Morgan fingerprint density at radius 1 is 1.60 bits per heavy atom. The van der Waals surface area contributed by atoms with Crippen molar-refractivity contribution in [2.75, 3.05) is 0 Å². The first-order valence-electron chi connectivity index (χ1n) is 3.15. The molecule has 0 amide bonds. The van der Waals surface area contributed by atoms with Crippen LogP contribution in [0.2, 0.25) is 0 Å². The van der Waals surface area contributed by atoms with Gasteiger partial charge in [0.2, 0.25) is 0 Å². The third kappa shape index (κ3) is 1.41. The number of rotatable bonds is 1. The molecule has 0 aromatic carbocycles. The fourth-order valence-electron chi connectivity index (χ4n) is 0.655. The molecule has 0 radical (unpaired) electrons. The van der Waals surface area contributed by atoms with E-state index in [9.17, 15) is 0 Å². The van der Waals surface area contributed by atoms with E-state index >= 15 is 0 Å². The molecule has 1 rings (SSSR count). The summed E-state index contributed by atoms with van der Waals surface area (Å²) in [5.74, 6) is 0.736. The molecule has 0 fully saturated rings. The van der Waals surface area contributed by atoms with Crippen molar-refractivity contribution in [3.8, 4) is 0 Å². The van der Waals surface area contributed by atoms with Crippen molar-refractivity contribution in [1.29, 1.82) is 0 Å². The van der Waals surface area contributed by atoms with Crippen molar-refractivity contribution in [3.05, 3.63) is 30.4 Å². The van der Waals surface area contributed by atoms with Crippen molar-refractivity contribution in [3.63, 3.8) is 0 Å². The van der Waals surface area contributed by atoms with Crippen molar-refractivity contribution in [2.24, 2.45) is 0 Å². The zero-order valence-corrected chi connectivity index (χ0v) is 6.26. The van der Waals surface area contributed by atoms with Gasteiger partial charge in [-0.2, -0.15) is 0 Å². The SMILES string of the molecule is C=C(C)c1nccc(C)n1. The van der Waals surface area contributed by atoms with Gasteiger partial charge in [0.15, 0.2) is 5.82 Å². The topological polar surface area (TPSA) is 25.8 Å². The Bertz CT molecular complexity index is 253. The van der Waals surface area contributed by atoms with Gasteiger partial charge in [0, 0.05) is 11.9 Å². The van der Waals surface area contributed by atoms with Crippen molar-refractivity contribution < 1.29 is 0 Å². The van der Waals surface area contributed by atoms with Gasteiger partial charge in [0.05, 0.1) is 0 Å². The zero-order valence-electron chi connectivity index (χ0n) is 6.26. The fraction of sp³-hybridized carbons (Fsp3) is 0.250. The fourth-order valence-corrected chi connectivity index (χ4v) is 0.655. The van der Waals surface area contributed by atoms with Crippen LogP contribution in [0.25, 0.3) is 5.57 Å². The highest BCUT2D eigenvalue weighted by molar-refractivity contribution is 5.53. The maximum absolute atomic E-state index is 4.16. The predicted octanol–water partition coefficient (Wildman–Crippen LogP) is 1.82. The quantitative estimate of drug-likeness (QED) is 0.585. The Balaban J connectivity index is 3.07. The monoisotopic (exact) mass is 134 g/mol. The summed E-state index contributed by atoms with van der Waals surface area (Å²) in [7, 11) is 0. The molecule has 0 saturated carbocycles. The second-order valence-corrected chi connectivity index (χ2v) is 2.30. The summed E-state index contributed by atoms with van der Waals surface area (Å²) in [5, 5.41) is 0. The number of aromatic nitrogens is 2. The molecule has 0 saturated heterocycles. The number of nitrogens with zero attached hydrogens (tertiary/aromatic N) is 2. The first-order valence-corrected chi connectivity index (χ1v) is 3.15. The molecule has 1 aromatic rings. The van der Waals surface area contributed by atoms with E-state index < -0.39 is 0 Å². The van der Waals surface area contributed by atoms with Gasteiger partial charge in [-0.15, -0.1) is 0 Å². The van der Waals surface area contributed by atoms with Gasteiger partial charge in [-0.05, 0) is 25.5 Å². The summed E-state index contributed by atoms with van der Waals surface area (Å²) in [6.07, 6.45) is 1.74. The van der Waals surface area contributed by atoms with E-state index in [1.807, 2.05) is 19.9 Å². The Kier molecular flexibility index (Phi) is 1.81. The lowest BCUT2D eigenvalue weighted by Crippen LogP contribution is -1.91. The minimum atomic E-state index is 0.736. The van der Waals surface area contributed by atoms with Crippen LogP contribution in [-0.4, -0.2) is 9.97 Å². The lowest BCUT2D eigenvalue weighted by molar-refractivity contribution is 1.06. The zero-order chi connectivity index (χ0) is 7.56. The number of allylic oxidation sites excluding steroid dienone is 1. The normalized spacial score (nSPS) is 9.40. The molecule has 0 aliphatic carbocycles. The van der Waals surface area contributed by atoms with Gasteiger partial charge in [0.25, 0.3) is 0 Å². The summed E-state index contributed by atoms with van der Waals surface area (Å²) >= 11 is 0. The minimum Gasteiger partial charge on any atom is -0.237 e. The molecule has 10 heavy (non-hydrogen) atoms. The van der Waals surface area contributed by atoms with Gasteiger partial charge >= 0.3 is 0 Å². The Morgan fingerprint density at radius 2 is 2.30 bits per heavy atom. The molecule has 0 N–H and O–H groups in total. The third-order valence-corrected chi connectivity index (χ3v) is 1.18. The standard InChI is InChI=1S/C8H10N2/c1-6(2)8-9-5-4-7(3)10-8/h4-5H,1H2,2-3H3. The Labute approximate surface area is 60.6 Å². The second-order valence-electron chi connectivity index (χ2n) is 2.30. The molecule has 0 bridgehead atoms. The smallest absolute Gasteiger partial charge is 0.154 e. The average molecular weight is 134 g/mol. The van der Waals surface area contributed by atoms with Crippen LogP contribution in [0.15, 0.2) is 18.8 Å². The number of aryl methyl sites for hydroxylation is 1. The molecule has 52 valence electrons. The van der Waals surface area contributed by atoms with Crippen molar-refractivity contribution in [1.82, 2.24) is 9.97 Å². The van der Waals surface area contributed by atoms with Crippen LogP contribution < -0.4 is 0 Å². The van der Waals surface area contributed by atoms with Crippen LogP contribution in [0.3, 0.4) is 0 Å². The van der Waals surface area contributed by atoms with Crippen LogP contribution in [0, 0.1) is 6.92 Å². The Morgan fingerprint density at radius 3 is 2.70 bits per heavy atom. The second kappa shape index (κ2) is 2.60. The van der Waals surface area contributed by atoms with E-state index in [0.29, 0.717) is 0 Å². The minimum absolute atomic E-state index is 0.736. The predicted molar refractivity (Wildman–Crippen MR) is 41.5 cm³/mol. The van der Waals surface area contributed by atoms with E-state index in [-0.39, 0.29) is 0 Å². The van der Waals surface area contributed by atoms with Crippen LogP contribution in [0.4, 0.5) is 0 Å². The molecule has 0 aliphatic rings. The van der Waals surface area contributed by atoms with Crippen molar-refractivity contribution >= 4 is 5.57 Å². The third-order valence-electron chi connectivity index (χ3n) is 1.18. The first-order chi connectivity index (χ1) is 4.70. The molecular formula is C8H10N2. The highest BCUT2D eigenvalue weighted by atomic mass is 14.9. The molecule has 1 heterocycles. The lowest BCUT2D eigenvalue weighted by atomic mass is 10.3. The van der Waals surface area contributed by atoms with E-state index in [1.165, 1.54) is 0 Å². The van der Waals surface area contributed by atoms with E-state index in [0.717, 1.165) is 17.1 Å². The summed E-state index contributed by atoms with van der Waals surface area (Å²) in [5.41, 5.74) is 1.89. The largest absolute Gasteiger partial charge is 0.237 e. The summed E-state index contributed by atoms with van der Waals surface area (Å²) < 4.78 is 0. The maximum Gasteiger partial charge on any atom is 0.154 e. The number of hydrogen-bond acceptors (Lipinski definition) is 2. The molecule has 0 atom stereocenters.